The van der Waals surface area contributed by atoms with Gasteiger partial charge in [-0.05, 0) is 23.7 Å². The zero-order valence-electron chi connectivity index (χ0n) is 6.32. The van der Waals surface area contributed by atoms with Crippen molar-refractivity contribution in [2.75, 3.05) is 0 Å². The first-order chi connectivity index (χ1) is 6.20. The molecule has 0 aromatic carbocycles. The van der Waals surface area contributed by atoms with Gasteiger partial charge in [0.15, 0.2) is 5.65 Å². The van der Waals surface area contributed by atoms with Crippen molar-refractivity contribution in [2.45, 2.75) is 0 Å². The van der Waals surface area contributed by atoms with Crippen molar-refractivity contribution in [3.05, 3.63) is 34.4 Å². The molecule has 0 saturated heterocycles. The van der Waals surface area contributed by atoms with E-state index in [4.69, 9.17) is 11.6 Å². The lowest BCUT2D eigenvalue weighted by atomic mass is 10.3. The predicted octanol–water partition coefficient (Wildman–Crippen LogP) is 0.402. The summed E-state index contributed by atoms with van der Waals surface area (Å²) < 4.78 is 1.22. The van der Waals surface area contributed by atoms with Gasteiger partial charge >= 0.3 is 5.69 Å². The van der Waals surface area contributed by atoms with Crippen molar-refractivity contribution < 1.29 is 4.79 Å². The van der Waals surface area contributed by atoms with Gasteiger partial charge in [-0.2, -0.15) is 5.10 Å². The number of carbonyl (C=O) groups excluding carboxylic acids is 1. The first-order valence-corrected chi connectivity index (χ1v) is 3.83. The summed E-state index contributed by atoms with van der Waals surface area (Å²) in [5.41, 5.74) is 0.0600. The molecule has 0 spiro atoms. The van der Waals surface area contributed by atoms with Crippen molar-refractivity contribution >= 4 is 22.5 Å². The number of H-pyrrole nitrogens is 1. The molecule has 2 aromatic rings. The van der Waals surface area contributed by atoms with Crippen LogP contribution >= 0.6 is 11.6 Å². The molecule has 0 amide bonds. The van der Waals surface area contributed by atoms with E-state index in [-0.39, 0.29) is 11.2 Å². The lowest BCUT2D eigenvalue weighted by Gasteiger charge is -1.94. The van der Waals surface area contributed by atoms with Crippen molar-refractivity contribution in [1.29, 1.82) is 0 Å². The van der Waals surface area contributed by atoms with E-state index in [0.29, 0.717) is 0 Å². The summed E-state index contributed by atoms with van der Waals surface area (Å²) in [4.78, 5) is 21.9. The molecule has 0 saturated carbocycles. The Balaban J connectivity index is 2.92. The van der Waals surface area contributed by atoms with Gasteiger partial charge in [0.25, 0.3) is 5.24 Å². The molecule has 2 aromatic heterocycles. The van der Waals surface area contributed by atoms with Crippen LogP contribution in [-0.2, 0) is 0 Å². The minimum absolute atomic E-state index is 0.211. The van der Waals surface area contributed by atoms with Crippen molar-refractivity contribution in [2.24, 2.45) is 0 Å². The number of fused-ring (bicyclic) bond motifs is 1. The highest BCUT2D eigenvalue weighted by Crippen LogP contribution is 2.08. The Kier molecular flexibility index (Phi) is 1.66. The van der Waals surface area contributed by atoms with E-state index in [1.807, 2.05) is 0 Å². The van der Waals surface area contributed by atoms with Gasteiger partial charge in [-0.25, -0.2) is 14.3 Å². The average molecular weight is 198 g/mol. The van der Waals surface area contributed by atoms with Gasteiger partial charge in [0, 0.05) is 6.20 Å². The fourth-order valence-electron chi connectivity index (χ4n) is 1.09. The van der Waals surface area contributed by atoms with Crippen LogP contribution < -0.4 is 5.69 Å². The van der Waals surface area contributed by atoms with E-state index >= 15 is 0 Å². The van der Waals surface area contributed by atoms with E-state index in [1.165, 1.54) is 16.7 Å². The smallest absolute Gasteiger partial charge is 0.275 e. The maximum absolute atomic E-state index is 11.0. The van der Waals surface area contributed by atoms with Crippen molar-refractivity contribution in [3.63, 3.8) is 0 Å². The van der Waals surface area contributed by atoms with E-state index < -0.39 is 10.9 Å². The summed E-state index contributed by atoms with van der Waals surface area (Å²) >= 11 is 5.28. The summed E-state index contributed by atoms with van der Waals surface area (Å²) in [6.07, 6.45) is 1.50. The van der Waals surface area contributed by atoms with Crippen LogP contribution in [0.25, 0.3) is 5.65 Å². The summed E-state index contributed by atoms with van der Waals surface area (Å²) in [5.74, 6) is 0. The standard InChI is InChI=1S/C7H4ClN3O2/c8-5(12)4-2-1-3-11-6(4)9-10-7(11)13/h1-3H,(H,10,13). The maximum atomic E-state index is 11.0. The van der Waals surface area contributed by atoms with Gasteiger partial charge < -0.3 is 0 Å². The van der Waals surface area contributed by atoms with Gasteiger partial charge in [-0.15, -0.1) is 0 Å². The Hall–Kier alpha value is -1.62. The van der Waals surface area contributed by atoms with Crippen LogP contribution in [0.1, 0.15) is 10.4 Å². The second kappa shape index (κ2) is 2.70. The predicted molar refractivity (Wildman–Crippen MR) is 46.0 cm³/mol. The zero-order chi connectivity index (χ0) is 9.42. The molecule has 1 N–H and O–H groups in total. The van der Waals surface area contributed by atoms with Crippen molar-refractivity contribution in [1.82, 2.24) is 14.6 Å². The van der Waals surface area contributed by atoms with Crippen molar-refractivity contribution in [3.8, 4) is 0 Å². The van der Waals surface area contributed by atoms with E-state index in [9.17, 15) is 9.59 Å². The highest BCUT2D eigenvalue weighted by molar-refractivity contribution is 6.68. The molecule has 0 aliphatic rings. The number of carbonyl (C=O) groups is 1. The van der Waals surface area contributed by atoms with Gasteiger partial charge in [0.2, 0.25) is 0 Å². The quantitative estimate of drug-likeness (QED) is 0.673. The molecule has 0 atom stereocenters. The summed E-state index contributed by atoms with van der Waals surface area (Å²) in [5, 5.41) is 5.24. The topological polar surface area (TPSA) is 67.2 Å². The molecule has 5 nitrogen and oxygen atoms in total. The number of nitrogens with one attached hydrogen (secondary N) is 1. The van der Waals surface area contributed by atoms with Gasteiger partial charge in [0.05, 0.1) is 5.56 Å². The van der Waals surface area contributed by atoms with Crippen LogP contribution in [0.3, 0.4) is 0 Å². The first kappa shape index (κ1) is 8.00. The number of pyridine rings is 1. The SMILES string of the molecule is O=C(Cl)c1cccn2c(=O)[nH]nc12. The number of aromatic nitrogens is 3. The monoisotopic (exact) mass is 197 g/mol. The highest BCUT2D eigenvalue weighted by Gasteiger charge is 2.09. The Bertz CT molecular complexity index is 528. The molecule has 0 aliphatic carbocycles. The lowest BCUT2D eigenvalue weighted by molar-refractivity contribution is 0.108. The average Bonchev–Trinajstić information content (AvgIpc) is 2.48. The molecule has 6 heteroatoms. The molecule has 13 heavy (non-hydrogen) atoms. The minimum Gasteiger partial charge on any atom is -0.275 e. The molecule has 0 radical (unpaired) electrons. The molecule has 2 heterocycles. The maximum Gasteiger partial charge on any atom is 0.347 e. The molecule has 0 fully saturated rings. The Morgan fingerprint density at radius 2 is 2.38 bits per heavy atom. The van der Waals surface area contributed by atoms with Crippen LogP contribution in [-0.4, -0.2) is 19.8 Å². The van der Waals surface area contributed by atoms with E-state index in [2.05, 4.69) is 10.2 Å². The summed E-state index contributed by atoms with van der Waals surface area (Å²) in [6, 6.07) is 3.06. The number of aromatic amines is 1. The van der Waals surface area contributed by atoms with Crippen LogP contribution in [0.2, 0.25) is 0 Å². The zero-order valence-corrected chi connectivity index (χ0v) is 7.08. The second-order valence-electron chi connectivity index (χ2n) is 2.42. The van der Waals surface area contributed by atoms with Crippen LogP contribution in [0.4, 0.5) is 0 Å². The molecule has 2 rings (SSSR count). The van der Waals surface area contributed by atoms with E-state index in [1.54, 1.807) is 6.07 Å². The Morgan fingerprint density at radius 1 is 1.62 bits per heavy atom. The molecule has 0 bridgehead atoms. The molecule has 66 valence electrons. The summed E-state index contributed by atoms with van der Waals surface area (Å²) in [6.45, 7) is 0. The highest BCUT2D eigenvalue weighted by atomic mass is 35.5. The third-order valence-corrected chi connectivity index (χ3v) is 1.86. The van der Waals surface area contributed by atoms with Gasteiger partial charge in [-0.1, -0.05) is 0 Å². The number of rotatable bonds is 1. The Morgan fingerprint density at radius 3 is 3.08 bits per heavy atom. The van der Waals surface area contributed by atoms with E-state index in [0.717, 1.165) is 0 Å². The number of halogens is 1. The first-order valence-electron chi connectivity index (χ1n) is 3.46. The largest absolute Gasteiger partial charge is 0.347 e. The van der Waals surface area contributed by atoms with Crippen LogP contribution in [0, 0.1) is 0 Å². The molecular formula is C7H4ClN3O2. The molecule has 0 aliphatic heterocycles. The number of hydrogen-bond donors (Lipinski definition) is 1. The number of hydrogen-bond acceptors (Lipinski definition) is 3. The Labute approximate surface area is 76.9 Å². The number of nitrogens with zero attached hydrogens (tertiary/aromatic N) is 2. The fourth-order valence-corrected chi connectivity index (χ4v) is 1.23. The minimum atomic E-state index is -0.635. The van der Waals surface area contributed by atoms with Crippen LogP contribution in [0.5, 0.6) is 0 Å². The van der Waals surface area contributed by atoms with Gasteiger partial charge in [-0.3, -0.25) is 4.79 Å². The van der Waals surface area contributed by atoms with Gasteiger partial charge in [0.1, 0.15) is 0 Å². The summed E-state index contributed by atoms with van der Waals surface area (Å²) in [7, 11) is 0. The second-order valence-corrected chi connectivity index (χ2v) is 2.76. The molecule has 0 unspecified atom stereocenters. The third kappa shape index (κ3) is 1.13. The molecular weight excluding hydrogens is 194 g/mol. The normalized spacial score (nSPS) is 10.5. The third-order valence-electron chi connectivity index (χ3n) is 1.66. The van der Waals surface area contributed by atoms with Crippen LogP contribution in [0.15, 0.2) is 23.1 Å². The lowest BCUT2D eigenvalue weighted by Crippen LogP contribution is -2.09. The fraction of sp³-hybridized carbons (Fsp3) is 0.